The fourth-order valence-electron chi connectivity index (χ4n) is 2.65. The molecule has 0 spiro atoms. The highest BCUT2D eigenvalue weighted by molar-refractivity contribution is 7.23. The van der Waals surface area contributed by atoms with Gasteiger partial charge in [-0.1, -0.05) is 22.7 Å². The quantitative estimate of drug-likeness (QED) is 0.394. The number of nitro groups is 1. The van der Waals surface area contributed by atoms with Crippen LogP contribution in [0.4, 0.5) is 10.1 Å². The molecular weight excluding hydrogens is 416 g/mol. The molecule has 0 atom stereocenters. The van der Waals surface area contributed by atoms with Crippen molar-refractivity contribution in [1.82, 2.24) is 9.88 Å². The molecule has 11 heteroatoms. The van der Waals surface area contributed by atoms with E-state index in [1.165, 1.54) is 23.5 Å². The van der Waals surface area contributed by atoms with Gasteiger partial charge in [-0.2, -0.15) is 0 Å². The lowest BCUT2D eigenvalue weighted by molar-refractivity contribution is -0.380. The number of fused-ring (bicyclic) bond motifs is 1. The van der Waals surface area contributed by atoms with Crippen LogP contribution in [0.3, 0.4) is 0 Å². The molecule has 0 bridgehead atoms. The molecule has 0 aliphatic carbocycles. The number of carbonyl (C=O) groups excluding carboxylic acids is 1. The number of anilines is 1. The average molecular weight is 437 g/mol. The molecule has 2 heterocycles. The highest BCUT2D eigenvalue weighted by Crippen LogP contribution is 2.40. The maximum Gasteiger partial charge on any atom is 0.324 e. The van der Waals surface area contributed by atoms with Crippen LogP contribution in [0.15, 0.2) is 24.3 Å². The number of methoxy groups -OCH3 is 2. The van der Waals surface area contributed by atoms with Crippen molar-refractivity contribution < 1.29 is 19.2 Å². The highest BCUT2D eigenvalue weighted by atomic mass is 32.1. The van der Waals surface area contributed by atoms with Gasteiger partial charge in [0, 0.05) is 19.2 Å². The zero-order valence-electron chi connectivity index (χ0n) is 16.4. The van der Waals surface area contributed by atoms with E-state index in [0.29, 0.717) is 35.2 Å². The molecule has 3 rings (SSSR count). The Balaban J connectivity index is 2.06. The van der Waals surface area contributed by atoms with Crippen molar-refractivity contribution >= 4 is 48.9 Å². The van der Waals surface area contributed by atoms with Gasteiger partial charge < -0.3 is 14.4 Å². The molecule has 3 aromatic rings. The van der Waals surface area contributed by atoms with Gasteiger partial charge in [0.05, 0.1) is 24.0 Å². The number of hydrogen-bond donors (Lipinski definition) is 0. The lowest BCUT2D eigenvalue weighted by atomic mass is 10.3. The minimum Gasteiger partial charge on any atom is -0.495 e. The number of carbonyl (C=O) groups is 1. The minimum atomic E-state index is -0.501. The topological polar surface area (TPSA) is 98.0 Å². The first kappa shape index (κ1) is 21.0. The van der Waals surface area contributed by atoms with E-state index >= 15 is 0 Å². The molecule has 0 unspecified atom stereocenters. The molecule has 29 heavy (non-hydrogen) atoms. The second-order valence-corrected chi connectivity index (χ2v) is 8.34. The third-order valence-corrected chi connectivity index (χ3v) is 6.25. The Bertz CT molecular complexity index is 1010. The fourth-order valence-corrected chi connectivity index (χ4v) is 4.52. The smallest absolute Gasteiger partial charge is 0.324 e. The van der Waals surface area contributed by atoms with Gasteiger partial charge in [-0.3, -0.25) is 19.8 Å². The van der Waals surface area contributed by atoms with Gasteiger partial charge in [-0.15, -0.1) is 0 Å². The summed E-state index contributed by atoms with van der Waals surface area (Å²) in [6.45, 7) is 0.978. The van der Waals surface area contributed by atoms with Gasteiger partial charge in [0.15, 0.2) is 5.13 Å². The number of ether oxygens (including phenoxy) is 2. The van der Waals surface area contributed by atoms with Crippen LogP contribution in [0, 0.1) is 10.1 Å². The summed E-state index contributed by atoms with van der Waals surface area (Å²) < 4.78 is 11.6. The molecule has 1 aromatic carbocycles. The molecular formula is C18H20N4O5S2. The number of thiophene rings is 1. The normalized spacial score (nSPS) is 11.1. The van der Waals surface area contributed by atoms with Crippen LogP contribution in [0.5, 0.6) is 11.5 Å². The lowest BCUT2D eigenvalue weighted by Crippen LogP contribution is -2.36. The van der Waals surface area contributed by atoms with Crippen molar-refractivity contribution in [3.8, 4) is 11.5 Å². The van der Waals surface area contributed by atoms with Gasteiger partial charge >= 0.3 is 5.00 Å². The first-order chi connectivity index (χ1) is 13.8. The number of aromatic nitrogens is 1. The van der Waals surface area contributed by atoms with Crippen molar-refractivity contribution in [1.29, 1.82) is 0 Å². The predicted octanol–water partition coefficient (Wildman–Crippen LogP) is 3.49. The first-order valence-electron chi connectivity index (χ1n) is 8.58. The van der Waals surface area contributed by atoms with Crippen molar-refractivity contribution in [2.75, 3.05) is 46.3 Å². The summed E-state index contributed by atoms with van der Waals surface area (Å²) in [7, 11) is 6.94. The van der Waals surface area contributed by atoms with Gasteiger partial charge in [0.25, 0.3) is 5.91 Å². The number of hydrogen-bond acceptors (Lipinski definition) is 9. The van der Waals surface area contributed by atoms with Gasteiger partial charge in [-0.05, 0) is 32.3 Å². The molecule has 154 valence electrons. The maximum atomic E-state index is 13.2. The molecule has 1 amide bonds. The van der Waals surface area contributed by atoms with Gasteiger partial charge in [0.2, 0.25) is 0 Å². The summed E-state index contributed by atoms with van der Waals surface area (Å²) in [6.07, 6.45) is 0. The number of likely N-dealkylation sites (N-methyl/N-ethyl adjacent to an activating group) is 1. The van der Waals surface area contributed by atoms with E-state index in [9.17, 15) is 14.9 Å². The third kappa shape index (κ3) is 4.31. The van der Waals surface area contributed by atoms with Gasteiger partial charge in [-0.25, -0.2) is 4.98 Å². The van der Waals surface area contributed by atoms with E-state index in [4.69, 9.17) is 9.47 Å². The molecule has 0 saturated heterocycles. The molecule has 0 fully saturated rings. The first-order valence-corrected chi connectivity index (χ1v) is 10.2. The Labute approximate surface area is 175 Å². The maximum absolute atomic E-state index is 13.2. The summed E-state index contributed by atoms with van der Waals surface area (Å²) in [5, 5.41) is 11.4. The standard InChI is InChI=1S/C18H20N4O5S2/c1-20(2)9-10-21(17(23)13-7-8-14(28-13)22(24)25)18-19-15-11(26-3)5-6-12(27-4)16(15)29-18/h5-8H,9-10H2,1-4H3. The van der Waals surface area contributed by atoms with Crippen LogP contribution in [0.2, 0.25) is 0 Å². The van der Waals surface area contributed by atoms with E-state index < -0.39 is 4.92 Å². The summed E-state index contributed by atoms with van der Waals surface area (Å²) in [6, 6.07) is 6.37. The Morgan fingerprint density at radius 3 is 2.38 bits per heavy atom. The molecule has 2 aromatic heterocycles. The summed E-state index contributed by atoms with van der Waals surface area (Å²) >= 11 is 2.17. The number of nitrogens with zero attached hydrogens (tertiary/aromatic N) is 4. The fraction of sp³-hybridized carbons (Fsp3) is 0.333. The van der Waals surface area contributed by atoms with Crippen LogP contribution in [-0.4, -0.2) is 62.1 Å². The zero-order valence-corrected chi connectivity index (χ0v) is 18.0. The van der Waals surface area contributed by atoms with E-state index in [1.807, 2.05) is 19.0 Å². The third-order valence-electron chi connectivity index (χ3n) is 4.13. The summed E-state index contributed by atoms with van der Waals surface area (Å²) in [5.74, 6) is 0.883. The highest BCUT2D eigenvalue weighted by Gasteiger charge is 2.26. The molecule has 0 aliphatic rings. The predicted molar refractivity (Wildman–Crippen MR) is 114 cm³/mol. The van der Waals surface area contributed by atoms with Gasteiger partial charge in [0.1, 0.15) is 21.7 Å². The van der Waals surface area contributed by atoms with Crippen LogP contribution in [-0.2, 0) is 0 Å². The monoisotopic (exact) mass is 436 g/mol. The van der Waals surface area contributed by atoms with Crippen LogP contribution < -0.4 is 14.4 Å². The molecule has 9 nitrogen and oxygen atoms in total. The molecule has 0 aliphatic heterocycles. The van der Waals surface area contributed by atoms with Crippen molar-refractivity contribution in [3.05, 3.63) is 39.3 Å². The second kappa shape index (κ2) is 8.72. The minimum absolute atomic E-state index is 0.0754. The number of benzene rings is 1. The Morgan fingerprint density at radius 1 is 1.10 bits per heavy atom. The van der Waals surface area contributed by atoms with E-state index in [1.54, 1.807) is 31.3 Å². The Hall–Kier alpha value is -2.76. The summed E-state index contributed by atoms with van der Waals surface area (Å²) in [5.41, 5.74) is 0.603. The number of thiazole rings is 1. The van der Waals surface area contributed by atoms with Crippen LogP contribution in [0.1, 0.15) is 9.67 Å². The molecule has 0 N–H and O–H groups in total. The van der Waals surface area contributed by atoms with E-state index in [-0.39, 0.29) is 15.8 Å². The summed E-state index contributed by atoms with van der Waals surface area (Å²) in [4.78, 5) is 32.1. The lowest BCUT2D eigenvalue weighted by Gasteiger charge is -2.21. The van der Waals surface area contributed by atoms with Crippen molar-refractivity contribution in [2.45, 2.75) is 0 Å². The second-order valence-electron chi connectivity index (χ2n) is 6.30. The SMILES string of the molecule is COc1ccc(OC)c2sc(N(CCN(C)C)C(=O)c3ccc([N+](=O)[O-])s3)nc12. The average Bonchev–Trinajstić information content (AvgIpc) is 3.34. The van der Waals surface area contributed by atoms with Crippen LogP contribution in [0.25, 0.3) is 10.2 Å². The van der Waals surface area contributed by atoms with Crippen molar-refractivity contribution in [3.63, 3.8) is 0 Å². The van der Waals surface area contributed by atoms with E-state index in [2.05, 4.69) is 4.98 Å². The van der Waals surface area contributed by atoms with E-state index in [0.717, 1.165) is 16.0 Å². The molecule has 0 saturated carbocycles. The van der Waals surface area contributed by atoms with Crippen LogP contribution >= 0.6 is 22.7 Å². The largest absolute Gasteiger partial charge is 0.495 e. The Kier molecular flexibility index (Phi) is 6.30. The number of amides is 1. The zero-order chi connectivity index (χ0) is 21.1. The number of rotatable bonds is 8. The Morgan fingerprint density at radius 2 is 1.79 bits per heavy atom. The molecule has 0 radical (unpaired) electrons. The van der Waals surface area contributed by atoms with Crippen molar-refractivity contribution in [2.24, 2.45) is 0 Å².